The zero-order valence-electron chi connectivity index (χ0n) is 26.1. The van der Waals surface area contributed by atoms with Gasteiger partial charge < -0.3 is 17.1 Å². The molecule has 4 nitrogen and oxygen atoms in total. The van der Waals surface area contributed by atoms with E-state index in [1.165, 1.54) is 0 Å². The predicted octanol–water partition coefficient (Wildman–Crippen LogP) is 10.1. The summed E-state index contributed by atoms with van der Waals surface area (Å²) < 4.78 is 0. The van der Waals surface area contributed by atoms with Crippen LogP contribution in [0.1, 0.15) is 77.1 Å². The van der Waals surface area contributed by atoms with E-state index in [2.05, 4.69) is 58.5 Å². The van der Waals surface area contributed by atoms with Gasteiger partial charge in [-0.25, -0.2) is 0 Å². The number of phenolic OH excluding ortho intramolecular Hbond substituents is 2. The third-order valence-corrected chi connectivity index (χ3v) is 5.97. The molecule has 0 amide bonds. The summed E-state index contributed by atoms with van der Waals surface area (Å²) >= 11 is 0. The topological polar surface area (TPSA) is 65.2 Å². The van der Waals surface area contributed by atoms with Crippen LogP contribution in [0.25, 0.3) is 0 Å². The number of rotatable bonds is 4. The van der Waals surface area contributed by atoms with Crippen molar-refractivity contribution in [3.8, 4) is 11.5 Å². The number of hydrogen-bond acceptors (Lipinski definition) is 4. The molecular weight excluding hydrogens is 596 g/mol. The summed E-state index contributed by atoms with van der Waals surface area (Å²) in [4.78, 5) is 8.75. The van der Waals surface area contributed by atoms with Crippen LogP contribution in [-0.2, 0) is 37.0 Å². The number of aromatic hydroxyl groups is 2. The largest absolute Gasteiger partial charge is 2.00 e. The quantitative estimate of drug-likeness (QED) is 0.172. The maximum absolute atomic E-state index is 10.3. The minimum absolute atomic E-state index is 0. The SMILES string of the molecule is CC(C)(C)c1cccc(C=Nc2ccccc2)c1O.CC(C)(C)c1cccc(C=Nc2ccccc2)c1O.[CH2-]CC.[Zr+2]. The Labute approximate surface area is 272 Å². The molecule has 218 valence electrons. The van der Waals surface area contributed by atoms with Gasteiger partial charge in [0.05, 0.1) is 11.4 Å². The van der Waals surface area contributed by atoms with Crippen LogP contribution in [0.5, 0.6) is 11.5 Å². The monoisotopic (exact) mass is 639 g/mol. The van der Waals surface area contributed by atoms with Crippen LogP contribution < -0.4 is 0 Å². The van der Waals surface area contributed by atoms with Crippen molar-refractivity contribution in [2.75, 3.05) is 0 Å². The van der Waals surface area contributed by atoms with Crippen molar-refractivity contribution in [2.24, 2.45) is 9.98 Å². The Bertz CT molecular complexity index is 1290. The zero-order chi connectivity index (χ0) is 30.5. The van der Waals surface area contributed by atoms with Crippen molar-refractivity contribution >= 4 is 23.8 Å². The van der Waals surface area contributed by atoms with Crippen LogP contribution in [0, 0.1) is 6.92 Å². The van der Waals surface area contributed by atoms with E-state index in [9.17, 15) is 10.2 Å². The Morgan fingerprint density at radius 1 is 0.571 bits per heavy atom. The van der Waals surface area contributed by atoms with Gasteiger partial charge in [-0.2, -0.15) is 6.42 Å². The van der Waals surface area contributed by atoms with Gasteiger partial charge in [0.2, 0.25) is 0 Å². The fourth-order valence-electron chi connectivity index (χ4n) is 3.86. The van der Waals surface area contributed by atoms with Gasteiger partial charge in [-0.15, -0.1) is 0 Å². The molecule has 0 bridgehead atoms. The summed E-state index contributed by atoms with van der Waals surface area (Å²) in [6.45, 7) is 18.0. The number of phenols is 2. The van der Waals surface area contributed by atoms with Crippen molar-refractivity contribution in [1.82, 2.24) is 0 Å². The second-order valence-corrected chi connectivity index (χ2v) is 11.7. The minimum Gasteiger partial charge on any atom is -0.507 e. The van der Waals surface area contributed by atoms with Gasteiger partial charge in [0, 0.05) is 23.6 Å². The average molecular weight is 641 g/mol. The molecule has 0 unspecified atom stereocenters. The molecule has 4 rings (SSSR count). The standard InChI is InChI=1S/2C17H19NO.C3H7.Zr/c2*1-17(2,3)15-11-7-8-13(16(15)19)12-18-14-9-5-4-6-10-14;1-3-2;/h2*4-12,19H,1-3H3;1,3H2,2H3;/q;;-1;+2. The van der Waals surface area contributed by atoms with Crippen LogP contribution >= 0.6 is 0 Å². The van der Waals surface area contributed by atoms with Gasteiger partial charge in [-0.05, 0) is 58.4 Å². The van der Waals surface area contributed by atoms with Gasteiger partial charge >= 0.3 is 26.2 Å². The summed E-state index contributed by atoms with van der Waals surface area (Å²) in [6, 6.07) is 31.0. The van der Waals surface area contributed by atoms with Crippen LogP contribution in [0.3, 0.4) is 0 Å². The van der Waals surface area contributed by atoms with E-state index < -0.39 is 0 Å². The van der Waals surface area contributed by atoms with Gasteiger partial charge in [-0.3, -0.25) is 9.98 Å². The van der Waals surface area contributed by atoms with Gasteiger partial charge in [0.1, 0.15) is 11.5 Å². The second kappa shape index (κ2) is 17.6. The number of benzene rings is 4. The van der Waals surface area contributed by atoms with E-state index in [1.54, 1.807) is 12.4 Å². The Kier molecular flexibility index (Phi) is 15.4. The van der Waals surface area contributed by atoms with Crippen molar-refractivity contribution in [3.05, 3.63) is 126 Å². The Morgan fingerprint density at radius 3 is 1.17 bits per heavy atom. The van der Waals surface area contributed by atoms with Crippen molar-refractivity contribution in [3.63, 3.8) is 0 Å². The van der Waals surface area contributed by atoms with Crippen LogP contribution in [0.2, 0.25) is 0 Å². The smallest absolute Gasteiger partial charge is 0.507 e. The first-order valence-corrected chi connectivity index (χ1v) is 14.0. The molecule has 0 aliphatic carbocycles. The van der Waals surface area contributed by atoms with E-state index in [0.29, 0.717) is 11.5 Å². The van der Waals surface area contributed by atoms with Crippen molar-refractivity contribution in [1.29, 1.82) is 0 Å². The van der Waals surface area contributed by atoms with Crippen molar-refractivity contribution in [2.45, 2.75) is 65.7 Å². The molecule has 0 aliphatic rings. The summed E-state index contributed by atoms with van der Waals surface area (Å²) in [7, 11) is 0. The third kappa shape index (κ3) is 11.9. The van der Waals surface area contributed by atoms with Crippen molar-refractivity contribution < 1.29 is 36.4 Å². The zero-order valence-corrected chi connectivity index (χ0v) is 28.6. The first-order valence-electron chi connectivity index (χ1n) is 14.0. The molecule has 2 N–H and O–H groups in total. The van der Waals surface area contributed by atoms with E-state index in [4.69, 9.17) is 0 Å². The van der Waals surface area contributed by atoms with E-state index >= 15 is 0 Å². The summed E-state index contributed by atoms with van der Waals surface area (Å²) in [6.07, 6.45) is 4.42. The molecule has 0 heterocycles. The Hall–Kier alpha value is -3.30. The summed E-state index contributed by atoms with van der Waals surface area (Å²) in [5.41, 5.74) is 4.95. The van der Waals surface area contributed by atoms with Crippen LogP contribution in [0.15, 0.2) is 107 Å². The summed E-state index contributed by atoms with van der Waals surface area (Å²) in [5.74, 6) is 0.629. The molecule has 0 fully saturated rings. The molecule has 4 aromatic rings. The Morgan fingerprint density at radius 2 is 0.881 bits per heavy atom. The molecule has 0 radical (unpaired) electrons. The number of hydrogen-bond donors (Lipinski definition) is 2. The number of para-hydroxylation sites is 4. The van der Waals surface area contributed by atoms with Crippen LogP contribution in [0.4, 0.5) is 11.4 Å². The first kappa shape index (κ1) is 36.7. The molecule has 0 spiro atoms. The Balaban J connectivity index is 0.000000376. The minimum atomic E-state index is -0.0827. The molecule has 4 aromatic carbocycles. The molecule has 0 aromatic heterocycles. The molecule has 0 saturated heterocycles. The fraction of sp³-hybridized carbons (Fsp3) is 0.270. The third-order valence-electron chi connectivity index (χ3n) is 5.97. The van der Waals surface area contributed by atoms with E-state index in [-0.39, 0.29) is 37.0 Å². The molecule has 0 aliphatic heterocycles. The first-order chi connectivity index (χ1) is 19.4. The van der Waals surface area contributed by atoms with Gasteiger partial charge in [-0.1, -0.05) is 109 Å². The molecular formula is C37H45N2O2Zr+. The van der Waals surface area contributed by atoms with E-state index in [0.717, 1.165) is 40.0 Å². The van der Waals surface area contributed by atoms with Crippen LogP contribution in [-0.4, -0.2) is 22.6 Å². The normalized spacial score (nSPS) is 11.2. The second-order valence-electron chi connectivity index (χ2n) is 11.7. The number of nitrogens with zero attached hydrogens (tertiary/aromatic N) is 2. The molecule has 0 saturated carbocycles. The predicted molar refractivity (Wildman–Crippen MR) is 177 cm³/mol. The van der Waals surface area contributed by atoms with Gasteiger partial charge in [0.25, 0.3) is 0 Å². The maximum atomic E-state index is 10.3. The van der Waals surface area contributed by atoms with E-state index in [1.807, 2.05) is 104 Å². The average Bonchev–Trinajstić information content (AvgIpc) is 2.92. The summed E-state index contributed by atoms with van der Waals surface area (Å²) in [5, 5.41) is 20.6. The number of aliphatic imine (C=N–C) groups is 2. The molecule has 42 heavy (non-hydrogen) atoms. The molecule has 5 heteroatoms. The maximum Gasteiger partial charge on any atom is 2.00 e. The van der Waals surface area contributed by atoms with Gasteiger partial charge in [0.15, 0.2) is 0 Å². The fourth-order valence-corrected chi connectivity index (χ4v) is 3.86. The molecule has 0 atom stereocenters.